The van der Waals surface area contributed by atoms with Crippen molar-refractivity contribution in [2.24, 2.45) is 0 Å². The Bertz CT molecular complexity index is 991. The summed E-state index contributed by atoms with van der Waals surface area (Å²) in [6.45, 7) is 7.22. The van der Waals surface area contributed by atoms with Crippen LogP contribution in [0, 0.1) is 0 Å². The fourth-order valence-corrected chi connectivity index (χ4v) is 4.55. The SMILES string of the molecule is CCN(CC)CCN(C(=O)c1cc(Cl)ccc1Cl)c1nc2c(Cl)cccc2s1.Cl. The van der Waals surface area contributed by atoms with Gasteiger partial charge in [-0.15, -0.1) is 12.4 Å². The van der Waals surface area contributed by atoms with E-state index in [1.165, 1.54) is 11.3 Å². The van der Waals surface area contributed by atoms with Gasteiger partial charge in [0.25, 0.3) is 5.91 Å². The van der Waals surface area contributed by atoms with Crippen molar-refractivity contribution in [3.05, 3.63) is 57.0 Å². The number of anilines is 1. The highest BCUT2D eigenvalue weighted by Gasteiger charge is 2.24. The van der Waals surface area contributed by atoms with Crippen molar-refractivity contribution >= 4 is 79.8 Å². The van der Waals surface area contributed by atoms with Crippen LogP contribution in [0.5, 0.6) is 0 Å². The lowest BCUT2D eigenvalue weighted by atomic mass is 10.2. The van der Waals surface area contributed by atoms with Gasteiger partial charge in [-0.2, -0.15) is 0 Å². The fraction of sp³-hybridized carbons (Fsp3) is 0.300. The first-order valence-corrected chi connectivity index (χ1v) is 10.9. The molecule has 0 spiro atoms. The molecule has 0 fully saturated rings. The molecule has 0 bridgehead atoms. The van der Waals surface area contributed by atoms with Crippen molar-refractivity contribution in [3.63, 3.8) is 0 Å². The highest BCUT2D eigenvalue weighted by Crippen LogP contribution is 2.34. The van der Waals surface area contributed by atoms with Crippen molar-refractivity contribution in [1.29, 1.82) is 0 Å². The number of likely N-dealkylation sites (N-methyl/N-ethyl adjacent to an activating group) is 1. The molecule has 29 heavy (non-hydrogen) atoms. The zero-order valence-corrected chi connectivity index (χ0v) is 19.9. The highest BCUT2D eigenvalue weighted by molar-refractivity contribution is 7.22. The monoisotopic (exact) mass is 491 g/mol. The first kappa shape index (κ1) is 24.2. The van der Waals surface area contributed by atoms with E-state index in [2.05, 4.69) is 23.7 Å². The number of halogens is 4. The summed E-state index contributed by atoms with van der Waals surface area (Å²) in [6, 6.07) is 10.5. The largest absolute Gasteiger partial charge is 0.302 e. The Labute approximate surface area is 195 Å². The summed E-state index contributed by atoms with van der Waals surface area (Å²) < 4.78 is 0.931. The lowest BCUT2D eigenvalue weighted by Crippen LogP contribution is -2.39. The lowest BCUT2D eigenvalue weighted by Gasteiger charge is -2.25. The number of aromatic nitrogens is 1. The molecule has 1 aromatic heterocycles. The van der Waals surface area contributed by atoms with Crippen LogP contribution >= 0.6 is 58.5 Å². The predicted octanol–water partition coefficient (Wildman–Crippen LogP) is 6.67. The minimum Gasteiger partial charge on any atom is -0.302 e. The normalized spacial score (nSPS) is 11.0. The number of rotatable bonds is 7. The third kappa shape index (κ3) is 5.54. The van der Waals surface area contributed by atoms with E-state index in [0.29, 0.717) is 37.8 Å². The third-order valence-electron chi connectivity index (χ3n) is 4.53. The molecule has 1 heterocycles. The average molecular weight is 493 g/mol. The van der Waals surface area contributed by atoms with E-state index in [0.717, 1.165) is 24.3 Å². The van der Waals surface area contributed by atoms with Gasteiger partial charge in [0.1, 0.15) is 5.52 Å². The van der Waals surface area contributed by atoms with E-state index < -0.39 is 0 Å². The van der Waals surface area contributed by atoms with Gasteiger partial charge in [-0.05, 0) is 43.4 Å². The van der Waals surface area contributed by atoms with Crippen molar-refractivity contribution < 1.29 is 4.79 Å². The molecule has 0 aliphatic heterocycles. The number of hydrogen-bond acceptors (Lipinski definition) is 4. The lowest BCUT2D eigenvalue weighted by molar-refractivity contribution is 0.0984. The number of thiazole rings is 1. The third-order valence-corrected chi connectivity index (χ3v) is 6.44. The molecule has 0 aliphatic carbocycles. The number of carbonyl (C=O) groups is 1. The van der Waals surface area contributed by atoms with E-state index in [9.17, 15) is 4.79 Å². The van der Waals surface area contributed by atoms with Gasteiger partial charge in [-0.1, -0.05) is 66.1 Å². The van der Waals surface area contributed by atoms with Crippen LogP contribution in [0.15, 0.2) is 36.4 Å². The molecule has 0 N–H and O–H groups in total. The second-order valence-corrected chi connectivity index (χ2v) is 8.45. The fourth-order valence-electron chi connectivity index (χ4n) is 2.89. The van der Waals surface area contributed by atoms with Gasteiger partial charge in [0, 0.05) is 18.1 Å². The number of nitrogens with zero attached hydrogens (tertiary/aromatic N) is 3. The molecule has 0 atom stereocenters. The van der Waals surface area contributed by atoms with Crippen LogP contribution < -0.4 is 4.90 Å². The summed E-state index contributed by atoms with van der Waals surface area (Å²) in [4.78, 5) is 21.9. The maximum Gasteiger partial charge on any atom is 0.261 e. The Morgan fingerprint density at radius 2 is 1.76 bits per heavy atom. The molecule has 156 valence electrons. The summed E-state index contributed by atoms with van der Waals surface area (Å²) >= 11 is 20.1. The molecule has 0 aliphatic rings. The minimum atomic E-state index is -0.227. The van der Waals surface area contributed by atoms with Crippen LogP contribution in [0.1, 0.15) is 24.2 Å². The van der Waals surface area contributed by atoms with Gasteiger partial charge in [0.2, 0.25) is 0 Å². The first-order valence-electron chi connectivity index (χ1n) is 8.98. The number of carbonyl (C=O) groups excluding carboxylic acids is 1. The number of hydrogen-bond donors (Lipinski definition) is 0. The molecule has 0 saturated heterocycles. The Hall–Kier alpha value is -1.08. The Kier molecular flexibility index (Phi) is 9.01. The van der Waals surface area contributed by atoms with Gasteiger partial charge in [0.15, 0.2) is 5.13 Å². The molecule has 0 saturated carbocycles. The van der Waals surface area contributed by atoms with Crippen LogP contribution in [-0.2, 0) is 0 Å². The standard InChI is InChI=1S/C20H20Cl3N3OS.ClH/c1-3-25(4-2)10-11-26(19(27)14-12-13(21)8-9-15(14)22)20-24-18-16(23)6-5-7-17(18)28-20;/h5-9,12H,3-4,10-11H2,1-2H3;1H. The van der Waals surface area contributed by atoms with Gasteiger partial charge >= 0.3 is 0 Å². The van der Waals surface area contributed by atoms with Gasteiger partial charge in [-0.25, -0.2) is 4.98 Å². The summed E-state index contributed by atoms with van der Waals surface area (Å²) in [5.41, 5.74) is 1.06. The Balaban J connectivity index is 0.00000300. The van der Waals surface area contributed by atoms with Gasteiger partial charge in [0.05, 0.1) is 20.3 Å². The van der Waals surface area contributed by atoms with E-state index in [4.69, 9.17) is 34.8 Å². The second kappa shape index (κ2) is 10.8. The molecule has 9 heteroatoms. The topological polar surface area (TPSA) is 36.4 Å². The maximum absolute atomic E-state index is 13.4. The van der Waals surface area contributed by atoms with E-state index in [-0.39, 0.29) is 18.3 Å². The predicted molar refractivity (Wildman–Crippen MR) is 128 cm³/mol. The zero-order chi connectivity index (χ0) is 20.3. The van der Waals surface area contributed by atoms with Gasteiger partial charge < -0.3 is 4.90 Å². The maximum atomic E-state index is 13.4. The first-order chi connectivity index (χ1) is 13.4. The number of benzene rings is 2. The minimum absolute atomic E-state index is 0. The summed E-state index contributed by atoms with van der Waals surface area (Å²) in [5, 5.41) is 1.98. The Morgan fingerprint density at radius 3 is 2.41 bits per heavy atom. The molecular formula is C20H21Cl4N3OS. The van der Waals surface area contributed by atoms with E-state index in [1.54, 1.807) is 29.2 Å². The smallest absolute Gasteiger partial charge is 0.261 e. The van der Waals surface area contributed by atoms with E-state index >= 15 is 0 Å². The summed E-state index contributed by atoms with van der Waals surface area (Å²) in [5.74, 6) is -0.227. The molecule has 0 unspecified atom stereocenters. The molecule has 4 nitrogen and oxygen atoms in total. The second-order valence-electron chi connectivity index (χ2n) is 6.19. The van der Waals surface area contributed by atoms with Crippen molar-refractivity contribution in [2.75, 3.05) is 31.1 Å². The molecule has 1 amide bonds. The average Bonchev–Trinajstić information content (AvgIpc) is 3.12. The van der Waals surface area contributed by atoms with Crippen LogP contribution in [0.25, 0.3) is 10.2 Å². The van der Waals surface area contributed by atoms with E-state index in [1.807, 2.05) is 12.1 Å². The number of fused-ring (bicyclic) bond motifs is 1. The number of amides is 1. The van der Waals surface area contributed by atoms with Crippen molar-refractivity contribution in [1.82, 2.24) is 9.88 Å². The highest BCUT2D eigenvalue weighted by atomic mass is 35.5. The van der Waals surface area contributed by atoms with Crippen molar-refractivity contribution in [3.8, 4) is 0 Å². The van der Waals surface area contributed by atoms with Crippen molar-refractivity contribution in [2.45, 2.75) is 13.8 Å². The quantitative estimate of drug-likeness (QED) is 0.369. The summed E-state index contributed by atoms with van der Waals surface area (Å²) in [7, 11) is 0. The molecule has 2 aromatic carbocycles. The molecule has 3 rings (SSSR count). The van der Waals surface area contributed by atoms with Crippen LogP contribution in [-0.4, -0.2) is 42.0 Å². The molecule has 3 aromatic rings. The van der Waals surface area contributed by atoms with Crippen LogP contribution in [0.2, 0.25) is 15.1 Å². The summed E-state index contributed by atoms with van der Waals surface area (Å²) in [6.07, 6.45) is 0. The Morgan fingerprint density at radius 1 is 1.03 bits per heavy atom. The molecule has 0 radical (unpaired) electrons. The van der Waals surface area contributed by atoms with Crippen LogP contribution in [0.4, 0.5) is 5.13 Å². The van der Waals surface area contributed by atoms with Crippen LogP contribution in [0.3, 0.4) is 0 Å². The number of para-hydroxylation sites is 1. The zero-order valence-electron chi connectivity index (χ0n) is 16.0. The van der Waals surface area contributed by atoms with Gasteiger partial charge in [-0.3, -0.25) is 9.69 Å². The molecular weight excluding hydrogens is 472 g/mol.